The molecule has 0 aromatic heterocycles. The van der Waals surface area contributed by atoms with E-state index in [0.29, 0.717) is 24.1 Å². The Morgan fingerprint density at radius 2 is 1.71 bits per heavy atom. The lowest BCUT2D eigenvalue weighted by Gasteiger charge is -2.23. The number of benzene rings is 2. The van der Waals surface area contributed by atoms with Crippen LogP contribution in [0.4, 0.5) is 5.69 Å². The molecule has 0 spiro atoms. The Balaban J connectivity index is 1.48. The van der Waals surface area contributed by atoms with Crippen molar-refractivity contribution in [3.8, 4) is 0 Å². The monoisotopic (exact) mass is 398 g/mol. The highest BCUT2D eigenvalue weighted by molar-refractivity contribution is 7.91. The van der Waals surface area contributed by atoms with Crippen LogP contribution in [0.5, 0.6) is 0 Å². The fraction of sp³-hybridized carbons (Fsp3) is 0.333. The molecular weight excluding hydrogens is 376 g/mol. The van der Waals surface area contributed by atoms with Crippen LogP contribution in [-0.4, -0.2) is 56.3 Å². The fourth-order valence-corrected chi connectivity index (χ4v) is 5.69. The molecule has 0 aliphatic carbocycles. The Kier molecular flexibility index (Phi) is 4.71. The van der Waals surface area contributed by atoms with Crippen LogP contribution in [-0.2, 0) is 16.3 Å². The molecule has 2 heterocycles. The van der Waals surface area contributed by atoms with Gasteiger partial charge >= 0.3 is 0 Å². The highest BCUT2D eigenvalue weighted by Crippen LogP contribution is 2.29. The number of amides is 2. The highest BCUT2D eigenvalue weighted by atomic mass is 32.2. The fourth-order valence-electron chi connectivity index (χ4n) is 3.91. The molecule has 2 aromatic rings. The van der Waals surface area contributed by atoms with Crippen molar-refractivity contribution < 1.29 is 18.0 Å². The zero-order valence-corrected chi connectivity index (χ0v) is 16.5. The third-order valence-corrected chi connectivity index (χ3v) is 7.34. The maximum Gasteiger partial charge on any atom is 0.258 e. The molecule has 0 saturated carbocycles. The summed E-state index contributed by atoms with van der Waals surface area (Å²) < 4.78 is 23.3. The van der Waals surface area contributed by atoms with Gasteiger partial charge in [-0.15, -0.1) is 0 Å². The molecule has 28 heavy (non-hydrogen) atoms. The van der Waals surface area contributed by atoms with E-state index in [9.17, 15) is 18.0 Å². The van der Waals surface area contributed by atoms with E-state index in [-0.39, 0.29) is 29.4 Å². The molecule has 1 saturated heterocycles. The molecule has 2 aliphatic rings. The Hall–Kier alpha value is -2.67. The Bertz CT molecular complexity index is 1030. The van der Waals surface area contributed by atoms with Crippen molar-refractivity contribution in [2.45, 2.75) is 18.9 Å². The number of sulfone groups is 1. The van der Waals surface area contributed by atoms with Crippen molar-refractivity contribution in [3.05, 3.63) is 65.2 Å². The van der Waals surface area contributed by atoms with Gasteiger partial charge < -0.3 is 9.80 Å². The van der Waals surface area contributed by atoms with Crippen molar-refractivity contribution in [3.63, 3.8) is 0 Å². The van der Waals surface area contributed by atoms with E-state index >= 15 is 0 Å². The first-order chi connectivity index (χ1) is 13.4. The van der Waals surface area contributed by atoms with Gasteiger partial charge in [-0.2, -0.15) is 0 Å². The largest absolute Gasteiger partial charge is 0.338 e. The minimum atomic E-state index is -3.05. The number of carbonyl (C=O) groups is 2. The number of anilines is 1. The van der Waals surface area contributed by atoms with Crippen LogP contribution in [0.15, 0.2) is 48.5 Å². The third kappa shape index (κ3) is 3.42. The van der Waals surface area contributed by atoms with E-state index in [1.165, 1.54) is 4.90 Å². The zero-order chi connectivity index (χ0) is 19.9. The van der Waals surface area contributed by atoms with Crippen LogP contribution < -0.4 is 4.90 Å². The first kappa shape index (κ1) is 18.7. The first-order valence-electron chi connectivity index (χ1n) is 9.33. The van der Waals surface area contributed by atoms with Crippen molar-refractivity contribution in [1.29, 1.82) is 0 Å². The van der Waals surface area contributed by atoms with Gasteiger partial charge in [-0.1, -0.05) is 18.2 Å². The Morgan fingerprint density at radius 1 is 1.04 bits per heavy atom. The zero-order valence-electron chi connectivity index (χ0n) is 15.7. The molecular formula is C21H22N2O4S. The van der Waals surface area contributed by atoms with Crippen LogP contribution >= 0.6 is 0 Å². The summed E-state index contributed by atoms with van der Waals surface area (Å²) in [5.74, 6) is -0.174. The number of nitrogens with zero attached hydrogens (tertiary/aromatic N) is 2. The molecule has 2 amide bonds. The molecule has 4 rings (SSSR count). The second-order valence-corrected chi connectivity index (χ2v) is 9.61. The Morgan fingerprint density at radius 3 is 2.39 bits per heavy atom. The molecule has 2 aromatic carbocycles. The second kappa shape index (κ2) is 7.05. The summed E-state index contributed by atoms with van der Waals surface area (Å²) >= 11 is 0. The topological polar surface area (TPSA) is 74.8 Å². The molecule has 0 radical (unpaired) electrons. The van der Waals surface area contributed by atoms with Gasteiger partial charge in [-0.25, -0.2) is 8.42 Å². The van der Waals surface area contributed by atoms with Crippen molar-refractivity contribution in [2.24, 2.45) is 0 Å². The number of para-hydroxylation sites is 1. The van der Waals surface area contributed by atoms with Gasteiger partial charge in [-0.05, 0) is 48.7 Å². The molecule has 6 nitrogen and oxygen atoms in total. The summed E-state index contributed by atoms with van der Waals surface area (Å²) in [6, 6.07) is 14.2. The summed E-state index contributed by atoms with van der Waals surface area (Å²) in [6.45, 7) is 0.651. The average molecular weight is 398 g/mol. The van der Waals surface area contributed by atoms with Crippen LogP contribution in [0.1, 0.15) is 32.7 Å². The summed E-state index contributed by atoms with van der Waals surface area (Å²) in [5, 5.41) is 0. The number of hydrogen-bond acceptors (Lipinski definition) is 4. The van der Waals surface area contributed by atoms with E-state index < -0.39 is 9.84 Å². The third-order valence-electron chi connectivity index (χ3n) is 5.59. The normalized spacial score (nSPS) is 20.0. The molecule has 0 bridgehead atoms. The van der Waals surface area contributed by atoms with Gasteiger partial charge in [-0.3, -0.25) is 9.59 Å². The Labute approximate surface area is 164 Å². The summed E-state index contributed by atoms with van der Waals surface area (Å²) in [6.07, 6.45) is 1.31. The molecule has 1 unspecified atom stereocenters. The maximum absolute atomic E-state index is 12.9. The number of rotatable bonds is 3. The SMILES string of the molecule is CN(C(=O)c1ccc(C(=O)N2CCc3ccccc32)cc1)C1CCS(=O)(=O)C1. The van der Waals surface area contributed by atoms with Gasteiger partial charge in [0.15, 0.2) is 9.84 Å². The standard InChI is InChI=1S/C21H22N2O4S/c1-22(18-11-13-28(26,27)14-18)20(24)16-6-8-17(9-7-16)21(25)23-12-10-15-4-2-3-5-19(15)23/h2-9,18H,10-14H2,1H3. The van der Waals surface area contributed by atoms with Crippen molar-refractivity contribution in [2.75, 3.05) is 30.0 Å². The van der Waals surface area contributed by atoms with Gasteiger partial charge in [0.25, 0.3) is 11.8 Å². The number of hydrogen-bond donors (Lipinski definition) is 0. The molecule has 0 N–H and O–H groups in total. The van der Waals surface area contributed by atoms with Crippen LogP contribution in [0.25, 0.3) is 0 Å². The number of carbonyl (C=O) groups excluding carboxylic acids is 2. The smallest absolute Gasteiger partial charge is 0.258 e. The van der Waals surface area contributed by atoms with Gasteiger partial charge in [0.05, 0.1) is 11.5 Å². The van der Waals surface area contributed by atoms with Crippen LogP contribution in [0.2, 0.25) is 0 Å². The van der Waals surface area contributed by atoms with E-state index in [1.807, 2.05) is 24.3 Å². The molecule has 1 fully saturated rings. The van der Waals surface area contributed by atoms with E-state index in [4.69, 9.17) is 0 Å². The number of fused-ring (bicyclic) bond motifs is 1. The summed E-state index contributed by atoms with van der Waals surface area (Å²) in [5.41, 5.74) is 3.08. The van der Waals surface area contributed by atoms with Gasteiger partial charge in [0, 0.05) is 36.4 Å². The molecule has 146 valence electrons. The average Bonchev–Trinajstić information content (AvgIpc) is 3.29. The maximum atomic E-state index is 12.9. The lowest BCUT2D eigenvalue weighted by atomic mass is 10.1. The second-order valence-electron chi connectivity index (χ2n) is 7.39. The van der Waals surface area contributed by atoms with Crippen molar-refractivity contribution >= 4 is 27.3 Å². The molecule has 2 aliphatic heterocycles. The highest BCUT2D eigenvalue weighted by Gasteiger charge is 2.33. The van der Waals surface area contributed by atoms with Gasteiger partial charge in [0.1, 0.15) is 0 Å². The lowest BCUT2D eigenvalue weighted by Crippen LogP contribution is -2.37. The summed E-state index contributed by atoms with van der Waals surface area (Å²) in [7, 11) is -1.42. The minimum absolute atomic E-state index is 0.0141. The quantitative estimate of drug-likeness (QED) is 0.794. The van der Waals surface area contributed by atoms with Crippen LogP contribution in [0.3, 0.4) is 0 Å². The van der Waals surface area contributed by atoms with E-state index in [0.717, 1.165) is 17.7 Å². The predicted octanol–water partition coefficient (Wildman–Crippen LogP) is 2.15. The minimum Gasteiger partial charge on any atom is -0.338 e. The summed E-state index contributed by atoms with van der Waals surface area (Å²) in [4.78, 5) is 28.8. The molecule has 7 heteroatoms. The molecule has 1 atom stereocenters. The van der Waals surface area contributed by atoms with Gasteiger partial charge in [0.2, 0.25) is 0 Å². The predicted molar refractivity (Wildman–Crippen MR) is 107 cm³/mol. The van der Waals surface area contributed by atoms with E-state index in [2.05, 4.69) is 0 Å². The van der Waals surface area contributed by atoms with Crippen molar-refractivity contribution in [1.82, 2.24) is 4.90 Å². The first-order valence-corrected chi connectivity index (χ1v) is 11.2. The lowest BCUT2D eigenvalue weighted by molar-refractivity contribution is 0.0747. The van der Waals surface area contributed by atoms with E-state index in [1.54, 1.807) is 36.2 Å². The van der Waals surface area contributed by atoms with Crippen LogP contribution in [0, 0.1) is 0 Å².